The number of aryl methyl sites for hydroxylation is 1. The minimum atomic E-state index is -0.661. The first-order valence-corrected chi connectivity index (χ1v) is 12.8. The van der Waals surface area contributed by atoms with Crippen LogP contribution in [0.15, 0.2) is 41.1 Å². The molecule has 0 aliphatic carbocycles. The molecular formula is C27H32ClN7O3. The Balaban J connectivity index is 0.00000294. The maximum Gasteiger partial charge on any atom is 0.271 e. The number of benzene rings is 1. The number of β-amino-alcohol motifs (C(OH)–C–C–N with tert-alkyl or cyclic N) is 1. The predicted octanol–water partition coefficient (Wildman–Crippen LogP) is 3.15. The van der Waals surface area contributed by atoms with Gasteiger partial charge in [-0.25, -0.2) is 4.98 Å². The maximum atomic E-state index is 12.5. The van der Waals surface area contributed by atoms with E-state index in [0.717, 1.165) is 60.3 Å². The molecular weight excluding hydrogens is 506 g/mol. The minimum Gasteiger partial charge on any atom is -0.435 e. The van der Waals surface area contributed by atoms with E-state index in [1.807, 2.05) is 29.9 Å². The van der Waals surface area contributed by atoms with Crippen LogP contribution < -0.4 is 16.0 Å². The van der Waals surface area contributed by atoms with Crippen LogP contribution in [0.1, 0.15) is 35.4 Å². The number of halogens is 1. The number of anilines is 1. The van der Waals surface area contributed by atoms with Crippen molar-refractivity contribution in [1.82, 2.24) is 25.1 Å². The predicted molar refractivity (Wildman–Crippen MR) is 147 cm³/mol. The van der Waals surface area contributed by atoms with Crippen LogP contribution in [0, 0.1) is 12.8 Å². The zero-order valence-corrected chi connectivity index (χ0v) is 22.1. The first kappa shape index (κ1) is 26.1. The molecule has 0 radical (unpaired) electrons. The van der Waals surface area contributed by atoms with Gasteiger partial charge in [0.15, 0.2) is 11.5 Å². The van der Waals surface area contributed by atoms with E-state index in [0.29, 0.717) is 42.6 Å². The number of aliphatic hydroxyl groups is 1. The fourth-order valence-corrected chi connectivity index (χ4v) is 5.44. The second-order valence-electron chi connectivity index (χ2n) is 10.1. The van der Waals surface area contributed by atoms with Crippen LogP contribution in [0.25, 0.3) is 33.7 Å². The van der Waals surface area contributed by atoms with E-state index in [-0.39, 0.29) is 18.1 Å². The molecule has 0 bridgehead atoms. The Labute approximate surface area is 226 Å². The second kappa shape index (κ2) is 10.7. The highest BCUT2D eigenvalue weighted by Gasteiger charge is 2.29. The number of aromatic nitrogens is 4. The van der Waals surface area contributed by atoms with Crippen LogP contribution >= 0.6 is 12.4 Å². The van der Waals surface area contributed by atoms with E-state index >= 15 is 0 Å². The molecule has 5 heterocycles. The summed E-state index contributed by atoms with van der Waals surface area (Å²) in [6, 6.07) is 7.74. The number of nitrogens with one attached hydrogen (secondary N) is 1. The fraction of sp³-hybridized carbons (Fsp3) is 0.407. The van der Waals surface area contributed by atoms with Gasteiger partial charge in [0.2, 0.25) is 5.89 Å². The SMILES string of the molecule is Cc1cc(-c2nc(C(N)=O)c(-c3cc4c(cnn4CC4CCNCC4)cc3N3CCC(O)C3)o2)ccn1.Cl. The number of hydrogen-bond donors (Lipinski definition) is 3. The lowest BCUT2D eigenvalue weighted by Crippen LogP contribution is -2.30. The summed E-state index contributed by atoms with van der Waals surface area (Å²) < 4.78 is 8.33. The summed E-state index contributed by atoms with van der Waals surface area (Å²) in [7, 11) is 0. The van der Waals surface area contributed by atoms with Crippen LogP contribution in [-0.4, -0.2) is 63.0 Å². The number of aliphatic hydroxyl groups excluding tert-OH is 1. The highest BCUT2D eigenvalue weighted by atomic mass is 35.5. The molecule has 200 valence electrons. The quantitative estimate of drug-likeness (QED) is 0.341. The third kappa shape index (κ3) is 4.99. The Morgan fingerprint density at radius 3 is 2.76 bits per heavy atom. The number of oxazole rings is 1. The summed E-state index contributed by atoms with van der Waals surface area (Å²) in [4.78, 5) is 23.4. The van der Waals surface area contributed by atoms with Crippen LogP contribution in [0.2, 0.25) is 0 Å². The molecule has 1 unspecified atom stereocenters. The third-order valence-electron chi connectivity index (χ3n) is 7.40. The third-order valence-corrected chi connectivity index (χ3v) is 7.40. The lowest BCUT2D eigenvalue weighted by Gasteiger charge is -2.23. The zero-order chi connectivity index (χ0) is 25.5. The van der Waals surface area contributed by atoms with Gasteiger partial charge in [-0.1, -0.05) is 0 Å². The molecule has 11 heteroatoms. The molecule has 6 rings (SSSR count). The average Bonchev–Trinajstić information content (AvgIpc) is 3.62. The smallest absolute Gasteiger partial charge is 0.271 e. The average molecular weight is 538 g/mol. The van der Waals surface area contributed by atoms with Crippen molar-refractivity contribution in [2.75, 3.05) is 31.1 Å². The molecule has 1 aromatic carbocycles. The van der Waals surface area contributed by atoms with Crippen molar-refractivity contribution in [1.29, 1.82) is 0 Å². The van der Waals surface area contributed by atoms with Gasteiger partial charge in [-0.15, -0.1) is 12.4 Å². The van der Waals surface area contributed by atoms with Gasteiger partial charge in [-0.05, 0) is 69.5 Å². The van der Waals surface area contributed by atoms with Crippen molar-refractivity contribution in [2.45, 2.75) is 38.8 Å². The van der Waals surface area contributed by atoms with Gasteiger partial charge in [-0.3, -0.25) is 14.5 Å². The summed E-state index contributed by atoms with van der Waals surface area (Å²) in [5.74, 6) is 0.524. The molecule has 3 aromatic heterocycles. The zero-order valence-electron chi connectivity index (χ0n) is 21.3. The molecule has 2 fully saturated rings. The Bertz CT molecular complexity index is 1460. The standard InChI is InChI=1S/C27H31N7O3.ClH/c1-16-10-18(4-8-30-16)27-32-24(26(28)36)25(37-27)21-12-22-19(11-23(21)33-9-5-20(35)15-33)13-31-34(22)14-17-2-6-29-7-3-17;/h4,8,10-13,17,20,29,35H,2-3,5-7,9,14-15H2,1H3,(H2,28,36);1H. The Kier molecular flexibility index (Phi) is 7.38. The molecule has 4 N–H and O–H groups in total. The van der Waals surface area contributed by atoms with Gasteiger partial charge in [0.1, 0.15) is 0 Å². The first-order valence-electron chi connectivity index (χ1n) is 12.8. The van der Waals surface area contributed by atoms with Gasteiger partial charge >= 0.3 is 0 Å². The topological polar surface area (TPSA) is 135 Å². The van der Waals surface area contributed by atoms with Crippen LogP contribution in [-0.2, 0) is 6.54 Å². The minimum absolute atomic E-state index is 0. The molecule has 2 aliphatic rings. The molecule has 2 saturated heterocycles. The van der Waals surface area contributed by atoms with E-state index in [2.05, 4.69) is 26.3 Å². The van der Waals surface area contributed by atoms with Crippen molar-refractivity contribution in [3.05, 3.63) is 48.0 Å². The van der Waals surface area contributed by atoms with Crippen molar-refractivity contribution < 1.29 is 14.3 Å². The highest BCUT2D eigenvalue weighted by molar-refractivity contribution is 6.01. The number of nitrogens with two attached hydrogens (primary N) is 1. The van der Waals surface area contributed by atoms with E-state index in [9.17, 15) is 9.90 Å². The van der Waals surface area contributed by atoms with Crippen molar-refractivity contribution >= 4 is 34.9 Å². The molecule has 0 saturated carbocycles. The van der Waals surface area contributed by atoms with Gasteiger partial charge in [0, 0.05) is 53.7 Å². The van der Waals surface area contributed by atoms with Crippen molar-refractivity contribution in [2.24, 2.45) is 11.7 Å². The largest absolute Gasteiger partial charge is 0.435 e. The number of amides is 1. The summed E-state index contributed by atoms with van der Waals surface area (Å²) in [6.45, 7) is 5.95. The van der Waals surface area contributed by atoms with Crippen molar-refractivity contribution in [3.63, 3.8) is 0 Å². The van der Waals surface area contributed by atoms with E-state index in [4.69, 9.17) is 15.2 Å². The summed E-state index contributed by atoms with van der Waals surface area (Å²) in [6.07, 6.45) is 6.05. The van der Waals surface area contributed by atoms with E-state index in [1.165, 1.54) is 0 Å². The fourth-order valence-electron chi connectivity index (χ4n) is 5.44. The number of rotatable bonds is 6. The van der Waals surface area contributed by atoms with Gasteiger partial charge in [-0.2, -0.15) is 5.10 Å². The summed E-state index contributed by atoms with van der Waals surface area (Å²) in [5, 5.41) is 19.4. The van der Waals surface area contributed by atoms with Crippen LogP contribution in [0.3, 0.4) is 0 Å². The normalized spacial score (nSPS) is 18.2. The number of nitrogens with zero attached hydrogens (tertiary/aromatic N) is 5. The Morgan fingerprint density at radius 1 is 1.24 bits per heavy atom. The number of pyridine rings is 1. The Morgan fingerprint density at radius 2 is 2.05 bits per heavy atom. The number of carbonyl (C=O) groups is 1. The number of hydrogen-bond acceptors (Lipinski definition) is 8. The molecule has 10 nitrogen and oxygen atoms in total. The summed E-state index contributed by atoms with van der Waals surface area (Å²) in [5.41, 5.74) is 9.94. The Hall–Kier alpha value is -3.47. The maximum absolute atomic E-state index is 12.5. The second-order valence-corrected chi connectivity index (χ2v) is 10.1. The highest BCUT2D eigenvalue weighted by Crippen LogP contribution is 2.40. The molecule has 38 heavy (non-hydrogen) atoms. The van der Waals surface area contributed by atoms with Crippen molar-refractivity contribution in [3.8, 4) is 22.8 Å². The number of fused-ring (bicyclic) bond motifs is 1. The molecule has 0 spiro atoms. The lowest BCUT2D eigenvalue weighted by atomic mass is 9.98. The van der Waals surface area contributed by atoms with E-state index < -0.39 is 12.0 Å². The molecule has 1 atom stereocenters. The van der Waals surface area contributed by atoms with Crippen LogP contribution in [0.4, 0.5) is 5.69 Å². The number of piperidine rings is 1. The number of carbonyl (C=O) groups excluding carboxylic acids is 1. The lowest BCUT2D eigenvalue weighted by molar-refractivity contribution is 0.0996. The van der Waals surface area contributed by atoms with Gasteiger partial charge in [0.25, 0.3) is 5.91 Å². The number of primary amides is 1. The summed E-state index contributed by atoms with van der Waals surface area (Å²) >= 11 is 0. The van der Waals surface area contributed by atoms with Gasteiger partial charge < -0.3 is 25.5 Å². The monoisotopic (exact) mass is 537 g/mol. The molecule has 2 aliphatic heterocycles. The van der Waals surface area contributed by atoms with Crippen LogP contribution in [0.5, 0.6) is 0 Å². The molecule has 1 amide bonds. The molecule has 4 aromatic rings. The van der Waals surface area contributed by atoms with Gasteiger partial charge in [0.05, 0.1) is 17.8 Å². The van der Waals surface area contributed by atoms with E-state index in [1.54, 1.807) is 12.3 Å². The first-order chi connectivity index (χ1) is 18.0.